The minimum atomic E-state index is 0.723. The van der Waals surface area contributed by atoms with Crippen LogP contribution in [-0.2, 0) is 0 Å². The molecule has 0 radical (unpaired) electrons. The fraction of sp³-hybridized carbons (Fsp3) is 0.500. The van der Waals surface area contributed by atoms with Gasteiger partial charge in [-0.2, -0.15) is 0 Å². The Morgan fingerprint density at radius 1 is 1.27 bits per heavy atom. The molecule has 0 aliphatic heterocycles. The van der Waals surface area contributed by atoms with Crippen LogP contribution in [-0.4, -0.2) is 32.1 Å². The molecule has 1 aromatic carbocycles. The third-order valence-electron chi connectivity index (χ3n) is 2.06. The smallest absolute Gasteiger partial charge is 0.120 e. The zero-order valence-corrected chi connectivity index (χ0v) is 10.1. The third-order valence-corrected chi connectivity index (χ3v) is 2.30. The fourth-order valence-electron chi connectivity index (χ4n) is 1.28. The molecule has 0 spiro atoms. The number of benzene rings is 1. The van der Waals surface area contributed by atoms with Crippen LogP contribution in [0.1, 0.15) is 12.8 Å². The Hall–Kier alpha value is -0.730. The second-order valence-corrected chi connectivity index (χ2v) is 4.25. The van der Waals surface area contributed by atoms with Crippen molar-refractivity contribution in [2.45, 2.75) is 12.8 Å². The Morgan fingerprint density at radius 3 is 2.73 bits per heavy atom. The maximum absolute atomic E-state index is 5.84. The van der Waals surface area contributed by atoms with E-state index in [1.54, 1.807) is 0 Å². The van der Waals surface area contributed by atoms with E-state index in [-0.39, 0.29) is 0 Å². The first-order valence-electron chi connectivity index (χ1n) is 5.21. The van der Waals surface area contributed by atoms with Crippen LogP contribution in [0.3, 0.4) is 0 Å². The molecule has 0 amide bonds. The SMILES string of the molecule is CN(C)CCCCOc1cccc(Cl)c1. The van der Waals surface area contributed by atoms with Crippen molar-refractivity contribution in [3.8, 4) is 5.75 Å². The van der Waals surface area contributed by atoms with Gasteiger partial charge in [-0.05, 0) is 51.7 Å². The summed E-state index contributed by atoms with van der Waals surface area (Å²) in [7, 11) is 4.16. The largest absolute Gasteiger partial charge is 0.494 e. The van der Waals surface area contributed by atoms with E-state index < -0.39 is 0 Å². The van der Waals surface area contributed by atoms with Crippen molar-refractivity contribution in [1.29, 1.82) is 0 Å². The minimum absolute atomic E-state index is 0.723. The topological polar surface area (TPSA) is 12.5 Å². The van der Waals surface area contributed by atoms with E-state index >= 15 is 0 Å². The second-order valence-electron chi connectivity index (χ2n) is 3.82. The molecule has 0 aliphatic rings. The van der Waals surface area contributed by atoms with Gasteiger partial charge in [0.25, 0.3) is 0 Å². The highest BCUT2D eigenvalue weighted by Crippen LogP contribution is 2.17. The summed E-state index contributed by atoms with van der Waals surface area (Å²) in [4.78, 5) is 2.18. The van der Waals surface area contributed by atoms with Crippen LogP contribution in [0.25, 0.3) is 0 Å². The molecule has 1 rings (SSSR count). The van der Waals surface area contributed by atoms with Crippen LogP contribution < -0.4 is 4.74 Å². The standard InChI is InChI=1S/C12H18ClNO/c1-14(2)8-3-4-9-15-12-7-5-6-11(13)10-12/h5-7,10H,3-4,8-9H2,1-2H3. The van der Waals surface area contributed by atoms with Gasteiger partial charge >= 0.3 is 0 Å². The molecule has 0 atom stereocenters. The van der Waals surface area contributed by atoms with Crippen LogP contribution in [0, 0.1) is 0 Å². The van der Waals surface area contributed by atoms with Gasteiger partial charge in [0.1, 0.15) is 5.75 Å². The van der Waals surface area contributed by atoms with Gasteiger partial charge in [-0.3, -0.25) is 0 Å². The zero-order chi connectivity index (χ0) is 11.1. The maximum atomic E-state index is 5.84. The van der Waals surface area contributed by atoms with Crippen molar-refractivity contribution in [3.63, 3.8) is 0 Å². The Morgan fingerprint density at radius 2 is 2.07 bits per heavy atom. The molecule has 0 saturated carbocycles. The lowest BCUT2D eigenvalue weighted by molar-refractivity contribution is 0.293. The van der Waals surface area contributed by atoms with Crippen LogP contribution >= 0.6 is 11.6 Å². The van der Waals surface area contributed by atoms with Gasteiger partial charge in [0.2, 0.25) is 0 Å². The highest BCUT2D eigenvalue weighted by Gasteiger charge is 1.95. The molecule has 1 aromatic rings. The molecular weight excluding hydrogens is 210 g/mol. The van der Waals surface area contributed by atoms with Gasteiger partial charge in [-0.15, -0.1) is 0 Å². The molecular formula is C12H18ClNO. The molecule has 2 nitrogen and oxygen atoms in total. The van der Waals surface area contributed by atoms with E-state index in [1.807, 2.05) is 24.3 Å². The number of unbranched alkanes of at least 4 members (excludes halogenated alkanes) is 1. The summed E-state index contributed by atoms with van der Waals surface area (Å²) in [6, 6.07) is 7.52. The normalized spacial score (nSPS) is 10.7. The minimum Gasteiger partial charge on any atom is -0.494 e. The molecule has 0 fully saturated rings. The monoisotopic (exact) mass is 227 g/mol. The summed E-state index contributed by atoms with van der Waals surface area (Å²) in [5.74, 6) is 0.854. The molecule has 15 heavy (non-hydrogen) atoms. The summed E-state index contributed by atoms with van der Waals surface area (Å²) in [6.07, 6.45) is 2.23. The average Bonchev–Trinajstić information content (AvgIpc) is 2.17. The molecule has 0 N–H and O–H groups in total. The van der Waals surface area contributed by atoms with Gasteiger partial charge in [-0.25, -0.2) is 0 Å². The van der Waals surface area contributed by atoms with Crippen molar-refractivity contribution in [1.82, 2.24) is 4.90 Å². The summed E-state index contributed by atoms with van der Waals surface area (Å²) in [6.45, 7) is 1.87. The zero-order valence-electron chi connectivity index (χ0n) is 9.37. The number of hydrogen-bond acceptors (Lipinski definition) is 2. The van der Waals surface area contributed by atoms with Crippen LogP contribution in [0.4, 0.5) is 0 Å². The Kier molecular flexibility index (Phi) is 5.51. The van der Waals surface area contributed by atoms with E-state index in [2.05, 4.69) is 19.0 Å². The predicted octanol–water partition coefficient (Wildman–Crippen LogP) is 3.06. The van der Waals surface area contributed by atoms with E-state index in [1.165, 1.54) is 0 Å². The number of hydrogen-bond donors (Lipinski definition) is 0. The van der Waals surface area contributed by atoms with E-state index in [4.69, 9.17) is 16.3 Å². The van der Waals surface area contributed by atoms with E-state index in [0.29, 0.717) is 0 Å². The lowest BCUT2D eigenvalue weighted by atomic mass is 10.3. The Bertz CT molecular complexity index is 289. The first-order valence-corrected chi connectivity index (χ1v) is 5.59. The third kappa shape index (κ3) is 5.65. The average molecular weight is 228 g/mol. The number of halogens is 1. The summed E-state index contributed by atoms with van der Waals surface area (Å²) < 4.78 is 5.57. The quantitative estimate of drug-likeness (QED) is 0.693. The van der Waals surface area contributed by atoms with Crippen molar-refractivity contribution in [3.05, 3.63) is 29.3 Å². The first kappa shape index (κ1) is 12.3. The van der Waals surface area contributed by atoms with E-state index in [9.17, 15) is 0 Å². The molecule has 0 aliphatic carbocycles. The van der Waals surface area contributed by atoms with Crippen molar-refractivity contribution < 1.29 is 4.74 Å². The van der Waals surface area contributed by atoms with Gasteiger partial charge in [0, 0.05) is 5.02 Å². The highest BCUT2D eigenvalue weighted by molar-refractivity contribution is 6.30. The fourth-order valence-corrected chi connectivity index (χ4v) is 1.46. The van der Waals surface area contributed by atoms with Gasteiger partial charge in [0.05, 0.1) is 6.61 Å². The molecule has 0 heterocycles. The summed E-state index contributed by atoms with van der Waals surface area (Å²) in [5.41, 5.74) is 0. The molecule has 84 valence electrons. The Labute approximate surface area is 96.8 Å². The lowest BCUT2D eigenvalue weighted by Crippen LogP contribution is -2.13. The van der Waals surface area contributed by atoms with Crippen molar-refractivity contribution in [2.24, 2.45) is 0 Å². The predicted molar refractivity (Wildman–Crippen MR) is 64.7 cm³/mol. The summed E-state index contributed by atoms with van der Waals surface area (Å²) in [5, 5.41) is 0.723. The van der Waals surface area contributed by atoms with Gasteiger partial charge < -0.3 is 9.64 Å². The van der Waals surface area contributed by atoms with Crippen LogP contribution in [0.15, 0.2) is 24.3 Å². The molecule has 0 saturated heterocycles. The second kappa shape index (κ2) is 6.70. The van der Waals surface area contributed by atoms with Crippen LogP contribution in [0.2, 0.25) is 5.02 Å². The van der Waals surface area contributed by atoms with Crippen molar-refractivity contribution in [2.75, 3.05) is 27.2 Å². The summed E-state index contributed by atoms with van der Waals surface area (Å²) >= 11 is 5.84. The van der Waals surface area contributed by atoms with Gasteiger partial charge in [-0.1, -0.05) is 17.7 Å². The first-order chi connectivity index (χ1) is 7.18. The highest BCUT2D eigenvalue weighted by atomic mass is 35.5. The van der Waals surface area contributed by atoms with Crippen molar-refractivity contribution >= 4 is 11.6 Å². The Balaban J connectivity index is 2.15. The lowest BCUT2D eigenvalue weighted by Gasteiger charge is -2.09. The maximum Gasteiger partial charge on any atom is 0.120 e. The molecule has 3 heteroatoms. The number of rotatable bonds is 6. The van der Waals surface area contributed by atoms with Gasteiger partial charge in [0.15, 0.2) is 0 Å². The molecule has 0 unspecified atom stereocenters. The number of nitrogens with zero attached hydrogens (tertiary/aromatic N) is 1. The number of ether oxygens (including phenoxy) is 1. The van der Waals surface area contributed by atoms with Crippen LogP contribution in [0.5, 0.6) is 5.75 Å². The van der Waals surface area contributed by atoms with E-state index in [0.717, 1.165) is 36.8 Å². The molecule has 0 bridgehead atoms. The molecule has 0 aromatic heterocycles.